The van der Waals surface area contributed by atoms with Gasteiger partial charge in [-0.3, -0.25) is 9.59 Å². The maximum Gasteiger partial charge on any atom is 0.286 e. The summed E-state index contributed by atoms with van der Waals surface area (Å²) in [5, 5.41) is 8.18. The van der Waals surface area contributed by atoms with Crippen LogP contribution in [0.5, 0.6) is 0 Å². The van der Waals surface area contributed by atoms with Crippen molar-refractivity contribution in [3.63, 3.8) is 0 Å². The van der Waals surface area contributed by atoms with Crippen molar-refractivity contribution in [1.29, 1.82) is 0 Å². The summed E-state index contributed by atoms with van der Waals surface area (Å²) >= 11 is 0. The normalized spacial score (nSPS) is 11.8. The number of aryl methyl sites for hydroxylation is 3. The van der Waals surface area contributed by atoms with Crippen molar-refractivity contribution >= 4 is 70.0 Å². The van der Waals surface area contributed by atoms with Crippen molar-refractivity contribution in [2.75, 3.05) is 0 Å². The molecule has 14 heteroatoms. The zero-order valence-corrected chi connectivity index (χ0v) is 35.4. The van der Waals surface area contributed by atoms with Crippen molar-refractivity contribution in [2.45, 2.75) is 11.8 Å². The van der Waals surface area contributed by atoms with Gasteiger partial charge in [0.25, 0.3) is 23.1 Å². The molecule has 0 aliphatic carbocycles. The fraction of sp³-hybridized carbons (Fsp3) is 0.0612. The van der Waals surface area contributed by atoms with Gasteiger partial charge >= 0.3 is 0 Å². The molecule has 314 valence electrons. The fourth-order valence-electron chi connectivity index (χ4n) is 6.40. The number of carbonyl (C=O) groups excluding carboxylic acids is 2. The van der Waals surface area contributed by atoms with Crippen LogP contribution in [0.4, 0.5) is 0 Å². The van der Waals surface area contributed by atoms with Gasteiger partial charge < -0.3 is 4.55 Å². The molecule has 63 heavy (non-hydrogen) atoms. The quantitative estimate of drug-likeness (QED) is 0.0649. The Hall–Kier alpha value is -8.07. The van der Waals surface area contributed by atoms with E-state index in [1.807, 2.05) is 106 Å². The molecule has 13 nitrogen and oxygen atoms in total. The Kier molecular flexibility index (Phi) is 13.3. The number of nitrogens with zero attached hydrogens (tertiary/aromatic N) is 6. The summed E-state index contributed by atoms with van der Waals surface area (Å²) in [6.45, 7) is 1.82. The summed E-state index contributed by atoms with van der Waals surface area (Å²) < 4.78 is 39.6. The molecule has 4 aromatic carbocycles. The van der Waals surface area contributed by atoms with Crippen LogP contribution in [0, 0.1) is 6.92 Å². The zero-order chi connectivity index (χ0) is 44.3. The third-order valence-corrected chi connectivity index (χ3v) is 10.8. The molecule has 8 aromatic rings. The van der Waals surface area contributed by atoms with Gasteiger partial charge in [0, 0.05) is 23.3 Å². The number of aromatic nitrogens is 4. The SMILES string of the molecule is C[n+]1c(/C=C/c2ccc(/C=N/NC(=O)c3ccc(C(=O)N/N=C/c4ccc(/C=C/c5cn6ccccc6[n+]5C)cc4)cc3)cc2)cn2ccccc21.Cc1ccc(S(=O)(=O)[O-])cc1. The summed E-state index contributed by atoms with van der Waals surface area (Å²) in [6, 6.07) is 40.0. The first-order chi connectivity index (χ1) is 30.4. The standard InChI is InChI=1S/C42H34N8O2.C7H8O3S/c1-47-37(29-49-25-5-3-7-39(47)49)23-17-31-9-13-33(14-10-31)27-43-45-41(51)35-19-21-36(22-20-35)42(52)46-44-28-34-15-11-32(12-16-34)18-24-38-30-50-26-6-4-8-40(50)48(38)2;1-6-2-4-7(5-3-6)11(8,9)10/h3-30H,1-2H3;2-5H,1H3,(H,8,9,10)/p+1/b23-17+,24-18+,43-27+,44-28+;. The third-order valence-electron chi connectivity index (χ3n) is 9.98. The van der Waals surface area contributed by atoms with E-state index in [-0.39, 0.29) is 16.7 Å². The molecule has 0 spiro atoms. The number of fused-ring (bicyclic) bond motifs is 2. The first kappa shape index (κ1) is 43.0. The van der Waals surface area contributed by atoms with E-state index in [9.17, 15) is 22.6 Å². The number of pyridine rings is 2. The molecule has 0 aliphatic heterocycles. The van der Waals surface area contributed by atoms with Gasteiger partial charge in [0.15, 0.2) is 11.4 Å². The molecule has 0 saturated heterocycles. The van der Waals surface area contributed by atoms with Gasteiger partial charge in [-0.25, -0.2) is 37.2 Å². The van der Waals surface area contributed by atoms with Crippen LogP contribution in [-0.4, -0.2) is 46.0 Å². The van der Waals surface area contributed by atoms with Gasteiger partial charge in [-0.1, -0.05) is 90.5 Å². The van der Waals surface area contributed by atoms with Crippen molar-refractivity contribution < 1.29 is 31.7 Å². The first-order valence-corrected chi connectivity index (χ1v) is 21.1. The Morgan fingerprint density at radius 2 is 0.952 bits per heavy atom. The maximum absolute atomic E-state index is 12.6. The number of benzene rings is 4. The lowest BCUT2D eigenvalue weighted by atomic mass is 10.1. The number of imidazole rings is 2. The highest BCUT2D eigenvalue weighted by Gasteiger charge is 2.12. The summed E-state index contributed by atoms with van der Waals surface area (Å²) in [6.07, 6.45) is 19.6. The molecule has 0 atom stereocenters. The smallest absolute Gasteiger partial charge is 0.286 e. The minimum absolute atomic E-state index is 0.178. The van der Waals surface area contributed by atoms with Gasteiger partial charge in [-0.05, 0) is 89.9 Å². The molecule has 0 bridgehead atoms. The molecule has 8 rings (SSSR count). The van der Waals surface area contributed by atoms with Crippen molar-refractivity contribution in [3.05, 3.63) is 209 Å². The van der Waals surface area contributed by atoms with E-state index in [4.69, 9.17) is 0 Å². The number of hydrogen-bond donors (Lipinski definition) is 2. The highest BCUT2D eigenvalue weighted by Crippen LogP contribution is 2.12. The Balaban J connectivity index is 0.000000473. The summed E-state index contributed by atoms with van der Waals surface area (Å²) in [5.74, 6) is -0.772. The van der Waals surface area contributed by atoms with Crippen molar-refractivity contribution in [3.8, 4) is 0 Å². The van der Waals surface area contributed by atoms with Crippen LogP contribution in [0.1, 0.15) is 59.9 Å². The number of rotatable bonds is 11. The third kappa shape index (κ3) is 11.2. The van der Waals surface area contributed by atoms with Crippen molar-refractivity contribution in [2.24, 2.45) is 24.3 Å². The largest absolute Gasteiger partial charge is 0.744 e. The van der Waals surface area contributed by atoms with Crippen LogP contribution in [0.2, 0.25) is 0 Å². The summed E-state index contributed by atoms with van der Waals surface area (Å²) in [5.41, 5.74) is 14.9. The fourth-order valence-corrected chi connectivity index (χ4v) is 6.87. The molecule has 4 heterocycles. The predicted molar refractivity (Wildman–Crippen MR) is 244 cm³/mol. The molecular formula is C49H43N8O5S+. The van der Waals surface area contributed by atoms with E-state index in [1.54, 1.807) is 48.8 Å². The molecule has 2 N–H and O–H groups in total. The molecule has 0 aliphatic rings. The predicted octanol–water partition coefficient (Wildman–Crippen LogP) is 6.61. The van der Waals surface area contributed by atoms with Crippen LogP contribution >= 0.6 is 0 Å². The molecule has 0 fully saturated rings. The van der Waals surface area contributed by atoms with Gasteiger partial charge in [0.05, 0.1) is 43.8 Å². The number of amides is 2. The monoisotopic (exact) mass is 855 g/mol. The molecule has 0 unspecified atom stereocenters. The molecule has 0 radical (unpaired) electrons. The van der Waals surface area contributed by atoms with Gasteiger partial charge in [0.2, 0.25) is 0 Å². The van der Waals surface area contributed by atoms with E-state index in [0.717, 1.165) is 50.5 Å². The van der Waals surface area contributed by atoms with E-state index in [0.29, 0.717) is 11.1 Å². The Morgan fingerprint density at radius 3 is 1.33 bits per heavy atom. The Bertz CT molecular complexity index is 2950. The number of nitrogens with one attached hydrogen (secondary N) is 2. The van der Waals surface area contributed by atoms with E-state index in [2.05, 4.69) is 87.8 Å². The number of hydrogen-bond acceptors (Lipinski definition) is 7. The van der Waals surface area contributed by atoms with Gasteiger partial charge in [-0.2, -0.15) is 10.2 Å². The minimum Gasteiger partial charge on any atom is -0.744 e. The lowest BCUT2D eigenvalue weighted by molar-refractivity contribution is -0.646. The maximum atomic E-state index is 12.6. The molecule has 4 aromatic heterocycles. The lowest BCUT2D eigenvalue weighted by Crippen LogP contribution is -2.29. The average Bonchev–Trinajstić information content (AvgIpc) is 3.80. The van der Waals surface area contributed by atoms with E-state index < -0.39 is 10.1 Å². The van der Waals surface area contributed by atoms with Crippen LogP contribution in [0.3, 0.4) is 0 Å². The molecule has 2 amide bonds. The van der Waals surface area contributed by atoms with Crippen LogP contribution in [0.25, 0.3) is 35.6 Å². The highest BCUT2D eigenvalue weighted by molar-refractivity contribution is 7.85. The van der Waals surface area contributed by atoms with E-state index in [1.165, 1.54) is 12.1 Å². The summed E-state index contributed by atoms with van der Waals surface area (Å²) in [4.78, 5) is 25.1. The van der Waals surface area contributed by atoms with Crippen molar-refractivity contribution in [1.82, 2.24) is 19.7 Å². The second-order valence-electron chi connectivity index (χ2n) is 14.4. The van der Waals surface area contributed by atoms with Gasteiger partial charge in [-0.15, -0.1) is 0 Å². The van der Waals surface area contributed by atoms with Crippen LogP contribution in [-0.2, 0) is 24.2 Å². The second-order valence-corrected chi connectivity index (χ2v) is 15.8. The Morgan fingerprint density at radius 1 is 0.556 bits per heavy atom. The lowest BCUT2D eigenvalue weighted by Gasteiger charge is -2.05. The second kappa shape index (κ2) is 19.5. The summed E-state index contributed by atoms with van der Waals surface area (Å²) in [7, 11) is -0.189. The molecular weight excluding hydrogens is 813 g/mol. The topological polar surface area (TPSA) is 157 Å². The minimum atomic E-state index is -4.27. The highest BCUT2D eigenvalue weighted by atomic mass is 32.2. The number of hydrazone groups is 2. The molecule has 0 saturated carbocycles. The van der Waals surface area contributed by atoms with Crippen LogP contribution < -0.4 is 20.0 Å². The average molecular weight is 856 g/mol. The first-order valence-electron chi connectivity index (χ1n) is 19.7. The van der Waals surface area contributed by atoms with E-state index >= 15 is 0 Å². The van der Waals surface area contributed by atoms with Crippen LogP contribution in [0.15, 0.2) is 173 Å². The zero-order valence-electron chi connectivity index (χ0n) is 34.6. The van der Waals surface area contributed by atoms with Gasteiger partial charge in [0.1, 0.15) is 22.5 Å². The number of carbonyl (C=O) groups is 2. The Labute approximate surface area is 364 Å².